The Hall–Kier alpha value is -2.19. The lowest BCUT2D eigenvalue weighted by molar-refractivity contribution is -0.104. The summed E-state index contributed by atoms with van der Waals surface area (Å²) in [5.41, 5.74) is 9.02. The van der Waals surface area contributed by atoms with Gasteiger partial charge in [-0.25, -0.2) is 0 Å². The molecule has 2 heteroatoms. The molecular formula is C44H73NO. The van der Waals surface area contributed by atoms with Crippen molar-refractivity contribution in [3.8, 4) is 0 Å². The second kappa shape index (κ2) is 21.6. The Morgan fingerprint density at radius 2 is 1.65 bits per heavy atom. The van der Waals surface area contributed by atoms with Crippen molar-refractivity contribution >= 4 is 6.29 Å². The molecule has 1 heterocycles. The molecule has 4 aliphatic rings. The number of carbonyl (C=O) groups is 1. The zero-order chi connectivity index (χ0) is 34.9. The van der Waals surface area contributed by atoms with Crippen molar-refractivity contribution < 1.29 is 4.79 Å². The van der Waals surface area contributed by atoms with Crippen LogP contribution in [0.5, 0.6) is 0 Å². The molecule has 260 valence electrons. The lowest BCUT2D eigenvalue weighted by Crippen LogP contribution is -2.42. The van der Waals surface area contributed by atoms with Crippen LogP contribution in [0.2, 0.25) is 0 Å². The van der Waals surface area contributed by atoms with E-state index in [1.807, 2.05) is 33.8 Å². The molecular weight excluding hydrogens is 558 g/mol. The fraction of sp³-hybridized carbons (Fsp3) is 0.659. The number of hydrogen-bond acceptors (Lipinski definition) is 2. The molecule has 0 amide bonds. The fourth-order valence-electron chi connectivity index (χ4n) is 8.44. The van der Waals surface area contributed by atoms with E-state index in [1.54, 1.807) is 5.57 Å². The number of rotatable bonds is 7. The van der Waals surface area contributed by atoms with E-state index in [2.05, 4.69) is 97.3 Å². The molecule has 3 fully saturated rings. The summed E-state index contributed by atoms with van der Waals surface area (Å²) in [4.78, 5) is 11.4. The van der Waals surface area contributed by atoms with Crippen molar-refractivity contribution in [2.75, 3.05) is 6.54 Å². The van der Waals surface area contributed by atoms with Crippen molar-refractivity contribution in [1.29, 1.82) is 0 Å². The summed E-state index contributed by atoms with van der Waals surface area (Å²) in [5.74, 6) is 3.05. The van der Waals surface area contributed by atoms with Crippen LogP contribution < -0.4 is 5.32 Å². The van der Waals surface area contributed by atoms with Gasteiger partial charge in [-0.05, 0) is 122 Å². The zero-order valence-corrected chi connectivity index (χ0v) is 32.1. The smallest absolute Gasteiger partial charge is 0.143 e. The second-order valence-electron chi connectivity index (χ2n) is 14.0. The van der Waals surface area contributed by atoms with E-state index < -0.39 is 0 Å². The molecule has 46 heavy (non-hydrogen) atoms. The van der Waals surface area contributed by atoms with Gasteiger partial charge in [0.2, 0.25) is 0 Å². The third-order valence-electron chi connectivity index (χ3n) is 10.6. The Kier molecular flexibility index (Phi) is 19.7. The van der Waals surface area contributed by atoms with Gasteiger partial charge in [0.15, 0.2) is 0 Å². The average Bonchev–Trinajstić information content (AvgIpc) is 3.73. The molecule has 0 bridgehead atoms. The molecule has 0 radical (unpaired) electrons. The van der Waals surface area contributed by atoms with Crippen LogP contribution in [-0.4, -0.2) is 18.9 Å². The van der Waals surface area contributed by atoms with Crippen LogP contribution >= 0.6 is 0 Å². The molecule has 6 atom stereocenters. The number of aldehydes is 1. The number of hydrogen-bond donors (Lipinski definition) is 1. The van der Waals surface area contributed by atoms with Crippen molar-refractivity contribution in [1.82, 2.24) is 5.32 Å². The van der Waals surface area contributed by atoms with Gasteiger partial charge >= 0.3 is 0 Å². The highest BCUT2D eigenvalue weighted by atomic mass is 16.1. The maximum atomic E-state index is 11.4. The zero-order valence-electron chi connectivity index (χ0n) is 32.1. The summed E-state index contributed by atoms with van der Waals surface area (Å²) in [6.07, 6.45) is 17.3. The first-order valence-electron chi connectivity index (χ1n) is 19.1. The number of nitrogens with one attached hydrogen (secondary N) is 1. The first kappa shape index (κ1) is 41.8. The molecule has 1 N–H and O–H groups in total. The largest absolute Gasteiger partial charge is 0.310 e. The van der Waals surface area contributed by atoms with Gasteiger partial charge in [0, 0.05) is 12.0 Å². The Bertz CT molecular complexity index is 1100. The minimum absolute atomic E-state index is 0.334. The van der Waals surface area contributed by atoms with E-state index in [-0.39, 0.29) is 0 Å². The van der Waals surface area contributed by atoms with Crippen LogP contribution in [0, 0.1) is 23.2 Å². The van der Waals surface area contributed by atoms with Crippen LogP contribution in [-0.2, 0) is 4.79 Å². The van der Waals surface area contributed by atoms with E-state index in [0.29, 0.717) is 35.1 Å². The summed E-state index contributed by atoms with van der Waals surface area (Å²) in [6, 6.07) is 10.1. The fourth-order valence-corrected chi connectivity index (χ4v) is 8.44. The normalized spacial score (nSPS) is 28.5. The number of carbonyl (C=O) groups excluding carboxylic acids is 1. The van der Waals surface area contributed by atoms with Gasteiger partial charge in [-0.3, -0.25) is 4.79 Å². The predicted octanol–water partition coefficient (Wildman–Crippen LogP) is 12.9. The predicted molar refractivity (Wildman–Crippen MR) is 206 cm³/mol. The third kappa shape index (κ3) is 10.4. The van der Waals surface area contributed by atoms with Crippen LogP contribution in [0.1, 0.15) is 163 Å². The molecule has 1 saturated heterocycles. The Labute approximate surface area is 286 Å². The van der Waals surface area contributed by atoms with Gasteiger partial charge in [-0.15, -0.1) is 6.58 Å². The van der Waals surface area contributed by atoms with Crippen molar-refractivity contribution in [2.45, 2.75) is 158 Å². The third-order valence-corrected chi connectivity index (χ3v) is 10.6. The molecule has 6 unspecified atom stereocenters. The maximum Gasteiger partial charge on any atom is 0.143 e. The molecule has 0 spiro atoms. The van der Waals surface area contributed by atoms with Crippen LogP contribution in [0.3, 0.4) is 0 Å². The number of allylic oxidation sites excluding steroid dienone is 5. The molecule has 0 aromatic heterocycles. The summed E-state index contributed by atoms with van der Waals surface area (Å²) >= 11 is 0. The van der Waals surface area contributed by atoms with E-state index in [1.165, 1.54) is 79.3 Å². The lowest BCUT2D eigenvalue weighted by Gasteiger charge is -2.52. The van der Waals surface area contributed by atoms with Gasteiger partial charge in [-0.1, -0.05) is 130 Å². The van der Waals surface area contributed by atoms with E-state index >= 15 is 0 Å². The minimum atomic E-state index is 0.334. The average molecular weight is 632 g/mol. The highest BCUT2D eigenvalue weighted by molar-refractivity contribution is 5.69. The van der Waals surface area contributed by atoms with Gasteiger partial charge in [0.05, 0.1) is 0 Å². The summed E-state index contributed by atoms with van der Waals surface area (Å²) in [5, 5.41) is 3.36. The van der Waals surface area contributed by atoms with Crippen LogP contribution in [0.15, 0.2) is 71.9 Å². The topological polar surface area (TPSA) is 29.1 Å². The molecule has 2 nitrogen and oxygen atoms in total. The quantitative estimate of drug-likeness (QED) is 0.184. The highest BCUT2D eigenvalue weighted by Crippen LogP contribution is 2.65. The van der Waals surface area contributed by atoms with Crippen LogP contribution in [0.25, 0.3) is 0 Å². The van der Waals surface area contributed by atoms with Crippen LogP contribution in [0.4, 0.5) is 0 Å². The lowest BCUT2D eigenvalue weighted by atomic mass is 9.52. The molecule has 3 aliphatic carbocycles. The molecule has 5 rings (SSSR count). The highest BCUT2D eigenvalue weighted by Gasteiger charge is 2.55. The summed E-state index contributed by atoms with van der Waals surface area (Å²) < 4.78 is 0. The Morgan fingerprint density at radius 3 is 2.11 bits per heavy atom. The van der Waals surface area contributed by atoms with Crippen molar-refractivity contribution in [2.24, 2.45) is 23.2 Å². The summed E-state index contributed by atoms with van der Waals surface area (Å²) in [7, 11) is 0. The molecule has 1 aliphatic heterocycles. The molecule has 2 saturated carbocycles. The van der Waals surface area contributed by atoms with E-state index in [9.17, 15) is 4.79 Å². The van der Waals surface area contributed by atoms with Crippen molar-refractivity contribution in [3.05, 3.63) is 83.0 Å². The number of fused-ring (bicyclic) bond motifs is 3. The van der Waals surface area contributed by atoms with Gasteiger partial charge in [0.25, 0.3) is 0 Å². The minimum Gasteiger partial charge on any atom is -0.310 e. The monoisotopic (exact) mass is 632 g/mol. The maximum absolute atomic E-state index is 11.4. The number of benzene rings is 1. The van der Waals surface area contributed by atoms with Crippen molar-refractivity contribution in [3.63, 3.8) is 0 Å². The first-order chi connectivity index (χ1) is 22.2. The van der Waals surface area contributed by atoms with Gasteiger partial charge in [0.1, 0.15) is 6.29 Å². The second-order valence-corrected chi connectivity index (χ2v) is 14.0. The molecule has 1 aromatic carbocycles. The Balaban J connectivity index is 0.000000591. The SMILES string of the molecule is C=C(C)C1CCCN1.C=CC1CCC2C3CC/C(=C/C=O)C(CCC)=C3C(c3ccc(C(C)C)cc3)CC12C.CC.CC.CCC. The standard InChI is InChI=1S/C30H40O.C7H13N.C3H8.2C2H6/c1-6-8-25-23(17-18-31)13-15-26-28-16-14-24(7-2)30(28,5)19-27(29(25)26)22-11-9-21(10-12-22)20(3)4;1-6(2)7-4-3-5-8-7;1-3-2;2*1-2/h7,9-12,17-18,20,24,26-28H,2,6,8,13-16,19H2,1,3-5H3;7-8H,1,3-5H2,2H3;3H2,1-2H3;2*1-2H3/b23-17-;;;;. The summed E-state index contributed by atoms with van der Waals surface area (Å²) in [6.45, 7) is 33.0. The van der Waals surface area contributed by atoms with E-state index in [0.717, 1.165) is 31.5 Å². The van der Waals surface area contributed by atoms with Gasteiger partial charge < -0.3 is 5.32 Å². The first-order valence-corrected chi connectivity index (χ1v) is 19.1. The Morgan fingerprint density at radius 1 is 1.02 bits per heavy atom. The molecule has 1 aromatic rings. The van der Waals surface area contributed by atoms with E-state index in [4.69, 9.17) is 0 Å². The van der Waals surface area contributed by atoms with Gasteiger partial charge in [-0.2, -0.15) is 0 Å².